The van der Waals surface area contributed by atoms with Crippen molar-refractivity contribution in [1.29, 1.82) is 0 Å². The molecule has 2 rings (SSSR count). The van der Waals surface area contributed by atoms with Gasteiger partial charge in [-0.15, -0.1) is 5.10 Å². The molecule has 8 heteroatoms. The molecule has 0 unspecified atom stereocenters. The van der Waals surface area contributed by atoms with Gasteiger partial charge in [-0.1, -0.05) is 11.3 Å². The number of rotatable bonds is 4. The highest BCUT2D eigenvalue weighted by atomic mass is 19.1. The number of nitrogens with two attached hydrogens (primary N) is 1. The van der Waals surface area contributed by atoms with Gasteiger partial charge in [-0.25, -0.2) is 13.5 Å². The fourth-order valence-electron chi connectivity index (χ4n) is 1.48. The van der Waals surface area contributed by atoms with E-state index in [0.29, 0.717) is 0 Å². The highest BCUT2D eigenvalue weighted by molar-refractivity contribution is 5.75. The number of carbonyl (C=O) groups excluding carboxylic acids is 1. The monoisotopic (exact) mass is 267 g/mol. The van der Waals surface area contributed by atoms with E-state index < -0.39 is 17.5 Å². The van der Waals surface area contributed by atoms with E-state index in [9.17, 15) is 13.6 Å². The Morgan fingerprint density at radius 1 is 1.37 bits per heavy atom. The van der Waals surface area contributed by atoms with Crippen LogP contribution in [0.15, 0.2) is 24.4 Å². The van der Waals surface area contributed by atoms with E-state index in [1.54, 1.807) is 0 Å². The van der Waals surface area contributed by atoms with E-state index in [1.165, 1.54) is 16.9 Å². The fraction of sp³-hybridized carbons (Fsp3) is 0.182. The standard InChI is InChI=1S/C11H11F2N5O/c12-8-2-1-3-9(13)7(8)4-15-11(19)6-18-5-10(14)16-17-18/h1-3,5H,4,6,14H2,(H,15,19). The van der Waals surface area contributed by atoms with E-state index in [-0.39, 0.29) is 24.5 Å². The zero-order chi connectivity index (χ0) is 13.8. The van der Waals surface area contributed by atoms with Crippen LogP contribution in [0.4, 0.5) is 14.6 Å². The van der Waals surface area contributed by atoms with Gasteiger partial charge in [0.2, 0.25) is 5.91 Å². The molecule has 6 nitrogen and oxygen atoms in total. The Bertz CT molecular complexity index is 578. The lowest BCUT2D eigenvalue weighted by molar-refractivity contribution is -0.122. The molecule has 3 N–H and O–H groups in total. The molecule has 0 aliphatic heterocycles. The molecular formula is C11H11F2N5O. The van der Waals surface area contributed by atoms with Crippen LogP contribution in [0, 0.1) is 11.6 Å². The maximum absolute atomic E-state index is 13.3. The van der Waals surface area contributed by atoms with Crippen molar-refractivity contribution in [2.75, 3.05) is 5.73 Å². The van der Waals surface area contributed by atoms with Crippen molar-refractivity contribution in [3.8, 4) is 0 Å². The first-order valence-corrected chi connectivity index (χ1v) is 5.41. The molecule has 1 amide bonds. The molecule has 0 radical (unpaired) electrons. The quantitative estimate of drug-likeness (QED) is 0.842. The van der Waals surface area contributed by atoms with Crippen molar-refractivity contribution in [2.45, 2.75) is 13.1 Å². The zero-order valence-corrected chi connectivity index (χ0v) is 9.81. The van der Waals surface area contributed by atoms with Crippen LogP contribution in [0.1, 0.15) is 5.56 Å². The van der Waals surface area contributed by atoms with Crippen molar-refractivity contribution in [1.82, 2.24) is 20.3 Å². The number of anilines is 1. The Balaban J connectivity index is 1.93. The number of nitrogens with one attached hydrogen (secondary N) is 1. The molecule has 1 heterocycles. The van der Waals surface area contributed by atoms with Crippen molar-refractivity contribution in [3.05, 3.63) is 41.6 Å². The summed E-state index contributed by atoms with van der Waals surface area (Å²) in [7, 11) is 0. The van der Waals surface area contributed by atoms with Gasteiger partial charge in [-0.3, -0.25) is 4.79 Å². The average molecular weight is 267 g/mol. The summed E-state index contributed by atoms with van der Waals surface area (Å²) in [5, 5.41) is 9.48. The van der Waals surface area contributed by atoms with Gasteiger partial charge in [-0.2, -0.15) is 0 Å². The number of nitrogen functional groups attached to an aromatic ring is 1. The van der Waals surface area contributed by atoms with Gasteiger partial charge in [0.1, 0.15) is 18.2 Å². The van der Waals surface area contributed by atoms with Crippen molar-refractivity contribution in [3.63, 3.8) is 0 Å². The van der Waals surface area contributed by atoms with Gasteiger partial charge in [0.05, 0.1) is 6.20 Å². The Morgan fingerprint density at radius 3 is 2.63 bits per heavy atom. The SMILES string of the molecule is Nc1cn(CC(=O)NCc2c(F)cccc2F)nn1. The van der Waals surface area contributed by atoms with Gasteiger partial charge in [0.25, 0.3) is 0 Å². The maximum atomic E-state index is 13.3. The molecule has 1 aromatic carbocycles. The zero-order valence-electron chi connectivity index (χ0n) is 9.81. The van der Waals surface area contributed by atoms with Crippen molar-refractivity contribution in [2.24, 2.45) is 0 Å². The maximum Gasteiger partial charge on any atom is 0.242 e. The molecule has 0 fully saturated rings. The Kier molecular flexibility index (Phi) is 3.69. The minimum atomic E-state index is -0.703. The third kappa shape index (κ3) is 3.24. The topological polar surface area (TPSA) is 85.8 Å². The molecule has 100 valence electrons. The summed E-state index contributed by atoms with van der Waals surface area (Å²) < 4.78 is 27.8. The number of aromatic nitrogens is 3. The second kappa shape index (κ2) is 5.42. The molecule has 0 aliphatic carbocycles. The van der Waals surface area contributed by atoms with Crippen LogP contribution in [0.2, 0.25) is 0 Å². The highest BCUT2D eigenvalue weighted by Crippen LogP contribution is 2.11. The van der Waals surface area contributed by atoms with Crippen LogP contribution in [0.5, 0.6) is 0 Å². The number of amides is 1. The molecule has 0 atom stereocenters. The Hall–Kier alpha value is -2.51. The van der Waals surface area contributed by atoms with Crippen LogP contribution >= 0.6 is 0 Å². The average Bonchev–Trinajstić information content (AvgIpc) is 2.74. The summed E-state index contributed by atoms with van der Waals surface area (Å²) in [5.74, 6) is -1.67. The van der Waals surface area contributed by atoms with Crippen LogP contribution in [-0.2, 0) is 17.9 Å². The first-order valence-electron chi connectivity index (χ1n) is 5.41. The summed E-state index contributed by atoms with van der Waals surface area (Å²) in [6.45, 7) is -0.359. The number of hydrogen-bond acceptors (Lipinski definition) is 4. The van der Waals surface area contributed by atoms with Gasteiger partial charge in [-0.05, 0) is 12.1 Å². The molecule has 0 spiro atoms. The first kappa shape index (κ1) is 12.9. The first-order chi connectivity index (χ1) is 9.06. The summed E-state index contributed by atoms with van der Waals surface area (Å²) in [6.07, 6.45) is 1.38. The smallest absolute Gasteiger partial charge is 0.242 e. The lowest BCUT2D eigenvalue weighted by Crippen LogP contribution is -2.28. The number of benzene rings is 1. The molecule has 19 heavy (non-hydrogen) atoms. The lowest BCUT2D eigenvalue weighted by atomic mass is 10.2. The van der Waals surface area contributed by atoms with Gasteiger partial charge >= 0.3 is 0 Å². The van der Waals surface area contributed by atoms with Crippen LogP contribution in [0.3, 0.4) is 0 Å². The van der Waals surface area contributed by atoms with Crippen molar-refractivity contribution < 1.29 is 13.6 Å². The van der Waals surface area contributed by atoms with E-state index in [4.69, 9.17) is 5.73 Å². The van der Waals surface area contributed by atoms with E-state index >= 15 is 0 Å². The summed E-state index contributed by atoms with van der Waals surface area (Å²) >= 11 is 0. The van der Waals surface area contributed by atoms with Gasteiger partial charge in [0, 0.05) is 12.1 Å². The largest absolute Gasteiger partial charge is 0.381 e. The van der Waals surface area contributed by atoms with Crippen LogP contribution in [0.25, 0.3) is 0 Å². The molecule has 1 aromatic heterocycles. The predicted octanol–water partition coefficient (Wildman–Crippen LogP) is 0.455. The lowest BCUT2D eigenvalue weighted by Gasteiger charge is -2.07. The number of halogens is 2. The third-order valence-electron chi connectivity index (χ3n) is 2.39. The summed E-state index contributed by atoms with van der Waals surface area (Å²) in [6, 6.07) is 3.51. The molecule has 0 aliphatic rings. The second-order valence-electron chi connectivity index (χ2n) is 3.82. The fourth-order valence-corrected chi connectivity index (χ4v) is 1.48. The minimum absolute atomic E-state index is 0.125. The second-order valence-corrected chi connectivity index (χ2v) is 3.82. The normalized spacial score (nSPS) is 10.4. The Labute approximate surface area is 107 Å². The Morgan fingerprint density at radius 2 is 2.05 bits per heavy atom. The van der Waals surface area contributed by atoms with Crippen LogP contribution < -0.4 is 11.1 Å². The van der Waals surface area contributed by atoms with E-state index in [2.05, 4.69) is 15.6 Å². The molecule has 2 aromatic rings. The molecular weight excluding hydrogens is 256 g/mol. The van der Waals surface area contributed by atoms with E-state index in [1.807, 2.05) is 0 Å². The number of nitrogens with zero attached hydrogens (tertiary/aromatic N) is 3. The minimum Gasteiger partial charge on any atom is -0.381 e. The molecule has 0 saturated heterocycles. The predicted molar refractivity (Wildman–Crippen MR) is 62.6 cm³/mol. The molecule has 0 saturated carbocycles. The van der Waals surface area contributed by atoms with Gasteiger partial charge in [0.15, 0.2) is 5.82 Å². The van der Waals surface area contributed by atoms with Gasteiger partial charge < -0.3 is 11.1 Å². The summed E-state index contributed by atoms with van der Waals surface area (Å²) in [5.41, 5.74) is 5.15. The van der Waals surface area contributed by atoms with Crippen molar-refractivity contribution >= 4 is 11.7 Å². The molecule has 0 bridgehead atoms. The number of hydrogen-bond donors (Lipinski definition) is 2. The van der Waals surface area contributed by atoms with Crippen LogP contribution in [-0.4, -0.2) is 20.9 Å². The summed E-state index contributed by atoms with van der Waals surface area (Å²) in [4.78, 5) is 11.5. The number of carbonyl (C=O) groups is 1. The highest BCUT2D eigenvalue weighted by Gasteiger charge is 2.10. The van der Waals surface area contributed by atoms with E-state index in [0.717, 1.165) is 12.1 Å². The third-order valence-corrected chi connectivity index (χ3v) is 2.39.